The molecule has 0 aromatic heterocycles. The van der Waals surface area contributed by atoms with Crippen LogP contribution in [0.2, 0.25) is 5.02 Å². The van der Waals surface area contributed by atoms with Gasteiger partial charge >= 0.3 is 0 Å². The van der Waals surface area contributed by atoms with Crippen LogP contribution >= 0.6 is 27.5 Å². The number of amides is 2. The van der Waals surface area contributed by atoms with E-state index in [1.54, 1.807) is 49.6 Å². The highest BCUT2D eigenvalue weighted by atomic mass is 79.9. The molecule has 0 fully saturated rings. The second kappa shape index (κ2) is 10.9. The Morgan fingerprint density at radius 1 is 1.19 bits per heavy atom. The number of carbonyl (C=O) groups is 2. The van der Waals surface area contributed by atoms with Gasteiger partial charge in [0.15, 0.2) is 6.61 Å². The van der Waals surface area contributed by atoms with Crippen molar-refractivity contribution in [3.8, 4) is 5.75 Å². The zero-order valence-electron chi connectivity index (χ0n) is 14.8. The zero-order valence-corrected chi connectivity index (χ0v) is 17.1. The lowest BCUT2D eigenvalue weighted by Gasteiger charge is -2.10. The number of ether oxygens (including phenoxy) is 2. The number of halogens is 2. The maximum atomic E-state index is 12.1. The van der Waals surface area contributed by atoms with E-state index < -0.39 is 0 Å². The average Bonchev–Trinajstić information content (AvgIpc) is 2.64. The quantitative estimate of drug-likeness (QED) is 0.563. The van der Waals surface area contributed by atoms with Crippen LogP contribution in [0.3, 0.4) is 0 Å². The van der Waals surface area contributed by atoms with Gasteiger partial charge in [0.2, 0.25) is 0 Å². The van der Waals surface area contributed by atoms with E-state index in [4.69, 9.17) is 21.1 Å². The van der Waals surface area contributed by atoms with Crippen LogP contribution in [0.15, 0.2) is 46.9 Å². The number of hydrogen-bond donors (Lipinski definition) is 2. The Kier molecular flexibility index (Phi) is 8.57. The van der Waals surface area contributed by atoms with E-state index in [0.29, 0.717) is 35.2 Å². The average molecular weight is 456 g/mol. The summed E-state index contributed by atoms with van der Waals surface area (Å²) in [7, 11) is 1.61. The number of methoxy groups -OCH3 is 1. The number of anilines is 1. The Labute approximate surface area is 171 Å². The molecule has 0 aliphatic carbocycles. The van der Waals surface area contributed by atoms with Gasteiger partial charge in [0, 0.05) is 36.0 Å². The van der Waals surface area contributed by atoms with E-state index in [-0.39, 0.29) is 18.4 Å². The fraction of sp³-hybridized carbons (Fsp3) is 0.263. The molecule has 0 aliphatic heterocycles. The molecule has 2 N–H and O–H groups in total. The van der Waals surface area contributed by atoms with Crippen molar-refractivity contribution >= 4 is 45.0 Å². The number of benzene rings is 2. The summed E-state index contributed by atoms with van der Waals surface area (Å²) >= 11 is 9.36. The molecule has 0 unspecified atom stereocenters. The second-order valence-corrected chi connectivity index (χ2v) is 6.92. The van der Waals surface area contributed by atoms with E-state index in [9.17, 15) is 9.59 Å². The van der Waals surface area contributed by atoms with Crippen LogP contribution in [0, 0.1) is 0 Å². The standard InChI is InChI=1S/C19H20BrClN2O4/c1-26-9-3-8-22-19(25)13-4-2-5-15(10-13)23-18(24)12-27-17-7-6-14(20)11-16(17)21/h2,4-7,10-11H,3,8-9,12H2,1H3,(H,22,25)(H,23,24). The van der Waals surface area contributed by atoms with E-state index in [1.807, 2.05) is 0 Å². The highest BCUT2D eigenvalue weighted by Crippen LogP contribution is 2.27. The van der Waals surface area contributed by atoms with Gasteiger partial charge in [-0.15, -0.1) is 0 Å². The van der Waals surface area contributed by atoms with Gasteiger partial charge in [0.05, 0.1) is 5.02 Å². The Balaban J connectivity index is 1.87. The van der Waals surface area contributed by atoms with E-state index in [2.05, 4.69) is 26.6 Å². The van der Waals surface area contributed by atoms with Gasteiger partial charge in [-0.2, -0.15) is 0 Å². The van der Waals surface area contributed by atoms with Gasteiger partial charge in [-0.1, -0.05) is 33.6 Å². The lowest BCUT2D eigenvalue weighted by atomic mass is 10.2. The Hall–Kier alpha value is -2.09. The van der Waals surface area contributed by atoms with Gasteiger partial charge in [0.25, 0.3) is 11.8 Å². The first-order valence-electron chi connectivity index (χ1n) is 8.24. The maximum absolute atomic E-state index is 12.1. The van der Waals surface area contributed by atoms with Crippen LogP contribution in [0.25, 0.3) is 0 Å². The molecule has 0 aliphatic rings. The maximum Gasteiger partial charge on any atom is 0.262 e. The second-order valence-electron chi connectivity index (χ2n) is 5.59. The topological polar surface area (TPSA) is 76.7 Å². The fourth-order valence-electron chi connectivity index (χ4n) is 2.19. The molecule has 0 radical (unpaired) electrons. The highest BCUT2D eigenvalue weighted by Gasteiger charge is 2.09. The van der Waals surface area contributed by atoms with Crippen LogP contribution in [-0.2, 0) is 9.53 Å². The normalized spacial score (nSPS) is 10.3. The third-order valence-electron chi connectivity index (χ3n) is 3.47. The minimum atomic E-state index is -0.355. The predicted octanol–water partition coefficient (Wildman–Crippen LogP) is 3.89. The van der Waals surface area contributed by atoms with Crippen molar-refractivity contribution in [1.82, 2.24) is 5.32 Å². The van der Waals surface area contributed by atoms with Crippen LogP contribution < -0.4 is 15.4 Å². The monoisotopic (exact) mass is 454 g/mol. The lowest BCUT2D eigenvalue weighted by Crippen LogP contribution is -2.25. The van der Waals surface area contributed by atoms with Gasteiger partial charge in [-0.25, -0.2) is 0 Å². The lowest BCUT2D eigenvalue weighted by molar-refractivity contribution is -0.118. The molecular weight excluding hydrogens is 436 g/mol. The molecule has 2 aromatic rings. The third kappa shape index (κ3) is 7.21. The summed E-state index contributed by atoms with van der Waals surface area (Å²) in [6.07, 6.45) is 0.731. The molecule has 27 heavy (non-hydrogen) atoms. The molecule has 2 amide bonds. The molecule has 0 spiro atoms. The van der Waals surface area contributed by atoms with Crippen molar-refractivity contribution in [2.45, 2.75) is 6.42 Å². The summed E-state index contributed by atoms with van der Waals surface area (Å²) < 4.78 is 11.2. The van der Waals surface area contributed by atoms with Crippen molar-refractivity contribution in [1.29, 1.82) is 0 Å². The minimum absolute atomic E-state index is 0.200. The molecule has 2 rings (SSSR count). The van der Waals surface area contributed by atoms with Crippen LogP contribution in [0.1, 0.15) is 16.8 Å². The Morgan fingerprint density at radius 3 is 2.74 bits per heavy atom. The zero-order chi connectivity index (χ0) is 19.6. The largest absolute Gasteiger partial charge is 0.482 e. The van der Waals surface area contributed by atoms with Crippen LogP contribution in [0.5, 0.6) is 5.75 Å². The fourth-order valence-corrected chi connectivity index (χ4v) is 2.92. The molecule has 0 bridgehead atoms. The number of rotatable bonds is 9. The van der Waals surface area contributed by atoms with Gasteiger partial charge in [-0.3, -0.25) is 9.59 Å². The van der Waals surface area contributed by atoms with Crippen molar-refractivity contribution in [3.05, 3.63) is 57.5 Å². The molecule has 0 saturated carbocycles. The molecule has 8 heteroatoms. The number of hydrogen-bond acceptors (Lipinski definition) is 4. The summed E-state index contributed by atoms with van der Waals surface area (Å²) in [5.74, 6) is -0.147. The van der Waals surface area contributed by atoms with E-state index in [0.717, 1.165) is 10.9 Å². The molecule has 6 nitrogen and oxygen atoms in total. The molecular formula is C19H20BrClN2O4. The third-order valence-corrected chi connectivity index (χ3v) is 4.26. The molecule has 0 saturated heterocycles. The van der Waals surface area contributed by atoms with Gasteiger partial charge < -0.3 is 20.1 Å². The summed E-state index contributed by atoms with van der Waals surface area (Å²) in [4.78, 5) is 24.2. The van der Waals surface area contributed by atoms with E-state index >= 15 is 0 Å². The molecule has 0 atom stereocenters. The van der Waals surface area contributed by atoms with Crippen molar-refractivity contribution in [3.63, 3.8) is 0 Å². The summed E-state index contributed by atoms with van der Waals surface area (Å²) in [6.45, 7) is 0.901. The van der Waals surface area contributed by atoms with Crippen molar-refractivity contribution in [2.75, 3.05) is 32.2 Å². The molecule has 2 aromatic carbocycles. The first kappa shape index (κ1) is 21.2. The number of carbonyl (C=O) groups excluding carboxylic acids is 2. The molecule has 0 heterocycles. The summed E-state index contributed by atoms with van der Waals surface area (Å²) in [6, 6.07) is 11.8. The van der Waals surface area contributed by atoms with Gasteiger partial charge in [0.1, 0.15) is 5.75 Å². The number of nitrogens with one attached hydrogen (secondary N) is 2. The van der Waals surface area contributed by atoms with Crippen molar-refractivity contribution in [2.24, 2.45) is 0 Å². The first-order chi connectivity index (χ1) is 13.0. The highest BCUT2D eigenvalue weighted by molar-refractivity contribution is 9.10. The SMILES string of the molecule is COCCCNC(=O)c1cccc(NC(=O)COc2ccc(Br)cc2Cl)c1. The summed E-state index contributed by atoms with van der Waals surface area (Å²) in [5.41, 5.74) is 0.970. The Bertz CT molecular complexity index is 801. The van der Waals surface area contributed by atoms with Crippen LogP contribution in [0.4, 0.5) is 5.69 Å². The minimum Gasteiger partial charge on any atom is -0.482 e. The van der Waals surface area contributed by atoms with Crippen molar-refractivity contribution < 1.29 is 19.1 Å². The first-order valence-corrected chi connectivity index (χ1v) is 9.41. The summed E-state index contributed by atoms with van der Waals surface area (Å²) in [5, 5.41) is 5.90. The Morgan fingerprint density at radius 2 is 2.00 bits per heavy atom. The van der Waals surface area contributed by atoms with Crippen LogP contribution in [-0.4, -0.2) is 38.7 Å². The smallest absolute Gasteiger partial charge is 0.262 e. The van der Waals surface area contributed by atoms with Gasteiger partial charge in [-0.05, 0) is 42.8 Å². The predicted molar refractivity (Wildman–Crippen MR) is 109 cm³/mol. The van der Waals surface area contributed by atoms with E-state index in [1.165, 1.54) is 0 Å². The molecule has 144 valence electrons.